The van der Waals surface area contributed by atoms with Crippen LogP contribution in [0.2, 0.25) is 0 Å². The molecule has 0 aliphatic carbocycles. The lowest BCUT2D eigenvalue weighted by Gasteiger charge is -2.29. The summed E-state index contributed by atoms with van der Waals surface area (Å²) in [6, 6.07) is 8.08. The first-order valence-corrected chi connectivity index (χ1v) is 5.08. The molecule has 2 nitrogen and oxygen atoms in total. The number of halogens is 2. The average molecular weight is 229 g/mol. The molecule has 0 unspecified atom stereocenters. The van der Waals surface area contributed by atoms with Crippen LogP contribution in [0.3, 0.4) is 0 Å². The van der Waals surface area contributed by atoms with E-state index in [2.05, 4.69) is 10.2 Å². The van der Waals surface area contributed by atoms with Gasteiger partial charge in [0, 0.05) is 30.9 Å². The smallest absolute Gasteiger partial charge is 0.125 e. The van der Waals surface area contributed by atoms with Gasteiger partial charge in [-0.05, 0) is 24.6 Å². The molecule has 82 valence electrons. The quantitative estimate of drug-likeness (QED) is 0.789. The molecule has 2 fully saturated rings. The number of rotatable bonds is 1. The fraction of sp³-hybridized carbons (Fsp3) is 0.455. The second-order valence-electron chi connectivity index (χ2n) is 4.13. The molecule has 2 atom stereocenters. The molecule has 1 N–H and O–H groups in total. The number of hydrogen-bond acceptors (Lipinski definition) is 2. The fourth-order valence-corrected chi connectivity index (χ4v) is 2.53. The Morgan fingerprint density at radius 2 is 2.27 bits per heavy atom. The summed E-state index contributed by atoms with van der Waals surface area (Å²) in [6.07, 6.45) is 1.20. The van der Waals surface area contributed by atoms with E-state index in [1.165, 1.54) is 12.5 Å². The van der Waals surface area contributed by atoms with Crippen molar-refractivity contribution in [2.45, 2.75) is 18.5 Å². The van der Waals surface area contributed by atoms with Crippen LogP contribution in [0.4, 0.5) is 10.1 Å². The molecular weight excluding hydrogens is 215 g/mol. The molecule has 0 amide bonds. The van der Waals surface area contributed by atoms with E-state index in [-0.39, 0.29) is 18.2 Å². The number of hydrogen-bond donors (Lipinski definition) is 1. The molecule has 0 spiro atoms. The Labute approximate surface area is 94.9 Å². The Morgan fingerprint density at radius 1 is 1.40 bits per heavy atom. The average Bonchev–Trinajstić information content (AvgIpc) is 2.78. The van der Waals surface area contributed by atoms with Crippen LogP contribution in [-0.4, -0.2) is 25.2 Å². The van der Waals surface area contributed by atoms with E-state index < -0.39 is 0 Å². The second kappa shape index (κ2) is 3.99. The van der Waals surface area contributed by atoms with E-state index in [0.717, 1.165) is 18.8 Å². The summed E-state index contributed by atoms with van der Waals surface area (Å²) in [5.74, 6) is -0.141. The van der Waals surface area contributed by atoms with Gasteiger partial charge in [-0.2, -0.15) is 0 Å². The highest BCUT2D eigenvalue weighted by atomic mass is 35.5. The number of piperazine rings is 1. The highest BCUT2D eigenvalue weighted by Gasteiger charge is 2.37. The first-order valence-electron chi connectivity index (χ1n) is 5.08. The second-order valence-corrected chi connectivity index (χ2v) is 4.13. The molecule has 1 aromatic rings. The maximum Gasteiger partial charge on any atom is 0.125 e. The number of nitrogens with zero attached hydrogens (tertiary/aromatic N) is 1. The Morgan fingerprint density at radius 3 is 2.87 bits per heavy atom. The number of anilines is 1. The molecule has 0 radical (unpaired) electrons. The van der Waals surface area contributed by atoms with Crippen molar-refractivity contribution >= 4 is 18.1 Å². The Hall–Kier alpha value is -0.800. The lowest BCUT2D eigenvalue weighted by Crippen LogP contribution is -2.43. The normalized spacial score (nSPS) is 27.9. The number of nitrogens with one attached hydrogen (secondary N) is 1. The summed E-state index contributed by atoms with van der Waals surface area (Å²) in [7, 11) is 0. The zero-order valence-corrected chi connectivity index (χ0v) is 9.14. The zero-order valence-electron chi connectivity index (χ0n) is 8.32. The summed E-state index contributed by atoms with van der Waals surface area (Å²) in [5, 5.41) is 3.43. The van der Waals surface area contributed by atoms with Crippen LogP contribution in [-0.2, 0) is 0 Å². The standard InChI is InChI=1S/C11H13FN2.ClH/c12-8-2-1-3-10(4-8)14-7-9-5-11(14)6-13-9;/h1-4,9,11,13H,5-7H2;1H/t9-,11-;/m1./s1. The highest BCUT2D eigenvalue weighted by Crippen LogP contribution is 2.29. The predicted molar refractivity (Wildman–Crippen MR) is 61.2 cm³/mol. The molecular formula is C11H14ClFN2. The SMILES string of the molecule is Cl.Fc1cccc(N2C[C@H]3C[C@@H]2CN3)c1. The first-order chi connectivity index (χ1) is 6.83. The van der Waals surface area contributed by atoms with Crippen molar-refractivity contribution in [3.63, 3.8) is 0 Å². The maximum atomic E-state index is 13.0. The van der Waals surface area contributed by atoms with Gasteiger partial charge < -0.3 is 10.2 Å². The minimum absolute atomic E-state index is 0. The largest absolute Gasteiger partial charge is 0.366 e. The third kappa shape index (κ3) is 1.82. The van der Waals surface area contributed by atoms with Crippen molar-refractivity contribution < 1.29 is 4.39 Å². The van der Waals surface area contributed by atoms with Gasteiger partial charge in [0.05, 0.1) is 0 Å². The van der Waals surface area contributed by atoms with Crippen molar-refractivity contribution in [1.82, 2.24) is 5.32 Å². The molecule has 0 saturated carbocycles. The van der Waals surface area contributed by atoms with Gasteiger partial charge in [0.2, 0.25) is 0 Å². The van der Waals surface area contributed by atoms with Gasteiger partial charge in [0.25, 0.3) is 0 Å². The van der Waals surface area contributed by atoms with Gasteiger partial charge in [-0.15, -0.1) is 12.4 Å². The maximum absolute atomic E-state index is 13.0. The van der Waals surface area contributed by atoms with Gasteiger partial charge in [0.1, 0.15) is 5.82 Å². The molecule has 3 rings (SSSR count). The summed E-state index contributed by atoms with van der Waals surface area (Å²) < 4.78 is 13.0. The minimum Gasteiger partial charge on any atom is -0.366 e. The Bertz CT molecular complexity index is 358. The van der Waals surface area contributed by atoms with Crippen LogP contribution in [0, 0.1) is 5.82 Å². The van der Waals surface area contributed by atoms with Gasteiger partial charge in [0.15, 0.2) is 0 Å². The van der Waals surface area contributed by atoms with Crippen LogP contribution >= 0.6 is 12.4 Å². The minimum atomic E-state index is -0.141. The summed E-state index contributed by atoms with van der Waals surface area (Å²) in [5.41, 5.74) is 1.03. The summed E-state index contributed by atoms with van der Waals surface area (Å²) in [6.45, 7) is 2.06. The monoisotopic (exact) mass is 228 g/mol. The zero-order chi connectivity index (χ0) is 9.54. The third-order valence-electron chi connectivity index (χ3n) is 3.20. The number of fused-ring (bicyclic) bond motifs is 2. The first kappa shape index (κ1) is 10.7. The molecule has 2 aliphatic heterocycles. The molecule has 0 aromatic heterocycles. The molecule has 2 heterocycles. The number of benzene rings is 1. The van der Waals surface area contributed by atoms with Crippen LogP contribution in [0.1, 0.15) is 6.42 Å². The topological polar surface area (TPSA) is 15.3 Å². The Balaban J connectivity index is 0.000000853. The predicted octanol–water partition coefficient (Wildman–Crippen LogP) is 1.80. The van der Waals surface area contributed by atoms with Crippen molar-refractivity contribution in [1.29, 1.82) is 0 Å². The van der Waals surface area contributed by atoms with Gasteiger partial charge in [-0.25, -0.2) is 4.39 Å². The van der Waals surface area contributed by atoms with E-state index >= 15 is 0 Å². The Kier molecular flexibility index (Phi) is 2.85. The molecule has 4 heteroatoms. The van der Waals surface area contributed by atoms with Crippen molar-refractivity contribution in [2.75, 3.05) is 18.0 Å². The van der Waals surface area contributed by atoms with E-state index in [4.69, 9.17) is 0 Å². The molecule has 2 aliphatic rings. The van der Waals surface area contributed by atoms with Crippen LogP contribution < -0.4 is 10.2 Å². The van der Waals surface area contributed by atoms with E-state index in [0.29, 0.717) is 12.1 Å². The van der Waals surface area contributed by atoms with Crippen LogP contribution in [0.25, 0.3) is 0 Å². The van der Waals surface area contributed by atoms with E-state index in [1.54, 1.807) is 12.1 Å². The van der Waals surface area contributed by atoms with Crippen molar-refractivity contribution in [2.24, 2.45) is 0 Å². The van der Waals surface area contributed by atoms with Crippen LogP contribution in [0.5, 0.6) is 0 Å². The van der Waals surface area contributed by atoms with E-state index in [1.807, 2.05) is 6.07 Å². The molecule has 1 aromatic carbocycles. The molecule has 15 heavy (non-hydrogen) atoms. The van der Waals surface area contributed by atoms with Gasteiger partial charge in [-0.1, -0.05) is 6.07 Å². The lowest BCUT2D eigenvalue weighted by molar-refractivity contribution is 0.577. The van der Waals surface area contributed by atoms with Gasteiger partial charge >= 0.3 is 0 Å². The van der Waals surface area contributed by atoms with Gasteiger partial charge in [-0.3, -0.25) is 0 Å². The summed E-state index contributed by atoms with van der Waals surface area (Å²) in [4.78, 5) is 2.31. The van der Waals surface area contributed by atoms with Crippen molar-refractivity contribution in [3.8, 4) is 0 Å². The summed E-state index contributed by atoms with van der Waals surface area (Å²) >= 11 is 0. The van der Waals surface area contributed by atoms with E-state index in [9.17, 15) is 4.39 Å². The third-order valence-corrected chi connectivity index (χ3v) is 3.20. The molecule has 2 bridgehead atoms. The fourth-order valence-electron chi connectivity index (χ4n) is 2.53. The van der Waals surface area contributed by atoms with Crippen molar-refractivity contribution in [3.05, 3.63) is 30.1 Å². The highest BCUT2D eigenvalue weighted by molar-refractivity contribution is 5.85. The molecule has 2 saturated heterocycles. The lowest BCUT2D eigenvalue weighted by atomic mass is 10.2. The van der Waals surface area contributed by atoms with Crippen LogP contribution in [0.15, 0.2) is 24.3 Å².